The predicted molar refractivity (Wildman–Crippen MR) is 70.8 cm³/mol. The molecule has 1 aromatic rings. The fraction of sp³-hybridized carbons (Fsp3) is 0.500. The van der Waals surface area contributed by atoms with Gasteiger partial charge in [-0.2, -0.15) is 0 Å². The van der Waals surface area contributed by atoms with E-state index in [1.807, 2.05) is 19.1 Å². The van der Waals surface area contributed by atoms with E-state index in [4.69, 9.17) is 5.11 Å². The number of rotatable bonds is 7. The zero-order valence-electron chi connectivity index (χ0n) is 10.6. The lowest BCUT2D eigenvalue weighted by Gasteiger charge is -2.10. The Morgan fingerprint density at radius 1 is 1.29 bits per heavy atom. The van der Waals surface area contributed by atoms with Gasteiger partial charge in [0.2, 0.25) is 0 Å². The van der Waals surface area contributed by atoms with E-state index in [1.165, 1.54) is 19.3 Å². The number of nitrogens with one attached hydrogen (secondary N) is 1. The fourth-order valence-electron chi connectivity index (χ4n) is 1.77. The van der Waals surface area contributed by atoms with Crippen LogP contribution in [0.1, 0.15) is 48.5 Å². The summed E-state index contributed by atoms with van der Waals surface area (Å²) in [4.78, 5) is 11.0. The van der Waals surface area contributed by atoms with Crippen LogP contribution in [0.4, 0.5) is 5.69 Å². The zero-order valence-corrected chi connectivity index (χ0v) is 10.6. The molecular formula is C14H21NO2. The van der Waals surface area contributed by atoms with Crippen LogP contribution in [0.5, 0.6) is 0 Å². The molecule has 1 aromatic carbocycles. The van der Waals surface area contributed by atoms with Crippen LogP contribution in [0.2, 0.25) is 0 Å². The van der Waals surface area contributed by atoms with E-state index in [2.05, 4.69) is 12.2 Å². The Balaban J connectivity index is 2.56. The van der Waals surface area contributed by atoms with Crippen LogP contribution >= 0.6 is 0 Å². The molecular weight excluding hydrogens is 214 g/mol. The van der Waals surface area contributed by atoms with Crippen molar-refractivity contribution in [3.63, 3.8) is 0 Å². The first-order valence-electron chi connectivity index (χ1n) is 6.23. The minimum Gasteiger partial charge on any atom is -0.478 e. The molecule has 1 rings (SSSR count). The van der Waals surface area contributed by atoms with Crippen molar-refractivity contribution < 1.29 is 9.90 Å². The minimum atomic E-state index is -0.874. The normalized spacial score (nSPS) is 10.2. The maximum atomic E-state index is 11.0. The first-order chi connectivity index (χ1) is 8.15. The Bertz CT molecular complexity index is 374. The molecule has 0 saturated heterocycles. The summed E-state index contributed by atoms with van der Waals surface area (Å²) < 4.78 is 0. The summed E-state index contributed by atoms with van der Waals surface area (Å²) in [5.41, 5.74) is 2.16. The average molecular weight is 235 g/mol. The van der Waals surface area contributed by atoms with Gasteiger partial charge in [0.25, 0.3) is 0 Å². The van der Waals surface area contributed by atoms with Crippen LogP contribution in [-0.4, -0.2) is 17.6 Å². The lowest BCUT2D eigenvalue weighted by Crippen LogP contribution is -2.08. The van der Waals surface area contributed by atoms with Gasteiger partial charge in [0, 0.05) is 12.2 Å². The molecule has 0 bridgehead atoms. The second kappa shape index (κ2) is 6.94. The van der Waals surface area contributed by atoms with Crippen molar-refractivity contribution in [1.82, 2.24) is 0 Å². The second-order valence-electron chi connectivity index (χ2n) is 4.34. The van der Waals surface area contributed by atoms with Gasteiger partial charge in [0.05, 0.1) is 5.56 Å². The summed E-state index contributed by atoms with van der Waals surface area (Å²) in [7, 11) is 0. The lowest BCUT2D eigenvalue weighted by molar-refractivity contribution is 0.0698. The number of hydrogen-bond acceptors (Lipinski definition) is 2. The number of unbranched alkanes of at least 4 members (excludes halogenated alkanes) is 3. The predicted octanol–water partition coefficient (Wildman–Crippen LogP) is 3.69. The third-order valence-corrected chi connectivity index (χ3v) is 2.75. The molecule has 0 fully saturated rings. The number of anilines is 1. The summed E-state index contributed by atoms with van der Waals surface area (Å²) >= 11 is 0. The van der Waals surface area contributed by atoms with Crippen molar-refractivity contribution in [3.05, 3.63) is 29.3 Å². The standard InChI is InChI=1S/C14H21NO2/c1-3-4-5-6-9-15-13-10-11(2)7-8-12(13)14(16)17/h7-8,10,15H,3-6,9H2,1-2H3,(H,16,17). The summed E-state index contributed by atoms with van der Waals surface area (Å²) in [6, 6.07) is 5.38. The van der Waals surface area contributed by atoms with Gasteiger partial charge in [-0.25, -0.2) is 4.79 Å². The second-order valence-corrected chi connectivity index (χ2v) is 4.34. The summed E-state index contributed by atoms with van der Waals surface area (Å²) in [6.45, 7) is 4.98. The molecule has 0 heterocycles. The van der Waals surface area contributed by atoms with Crippen LogP contribution in [0.15, 0.2) is 18.2 Å². The largest absolute Gasteiger partial charge is 0.478 e. The number of aryl methyl sites for hydroxylation is 1. The number of aromatic carboxylic acids is 1. The molecule has 0 aromatic heterocycles. The van der Waals surface area contributed by atoms with Crippen LogP contribution in [-0.2, 0) is 0 Å². The van der Waals surface area contributed by atoms with E-state index in [1.54, 1.807) is 6.07 Å². The molecule has 0 spiro atoms. The van der Waals surface area contributed by atoms with E-state index in [0.29, 0.717) is 5.56 Å². The highest BCUT2D eigenvalue weighted by atomic mass is 16.4. The summed E-state index contributed by atoms with van der Waals surface area (Å²) in [5, 5.41) is 12.3. The molecule has 94 valence electrons. The van der Waals surface area contributed by atoms with E-state index in [0.717, 1.165) is 24.2 Å². The van der Waals surface area contributed by atoms with Gasteiger partial charge in [-0.05, 0) is 31.0 Å². The number of carboxylic acid groups (broad SMARTS) is 1. The van der Waals surface area contributed by atoms with Crippen LogP contribution in [0, 0.1) is 6.92 Å². The fourth-order valence-corrected chi connectivity index (χ4v) is 1.77. The third-order valence-electron chi connectivity index (χ3n) is 2.75. The molecule has 0 aliphatic heterocycles. The Morgan fingerprint density at radius 2 is 2.06 bits per heavy atom. The van der Waals surface area contributed by atoms with Crippen LogP contribution in [0.25, 0.3) is 0 Å². The molecule has 0 aliphatic carbocycles. The van der Waals surface area contributed by atoms with Crippen molar-refractivity contribution in [2.45, 2.75) is 39.5 Å². The number of carboxylic acids is 1. The maximum Gasteiger partial charge on any atom is 0.337 e. The summed E-state index contributed by atoms with van der Waals surface area (Å²) in [6.07, 6.45) is 4.73. The highest BCUT2D eigenvalue weighted by Gasteiger charge is 2.08. The Morgan fingerprint density at radius 3 is 2.71 bits per heavy atom. The van der Waals surface area contributed by atoms with Crippen molar-refractivity contribution in [2.75, 3.05) is 11.9 Å². The molecule has 0 aliphatic rings. The molecule has 0 unspecified atom stereocenters. The van der Waals surface area contributed by atoms with Gasteiger partial charge in [0.15, 0.2) is 0 Å². The van der Waals surface area contributed by atoms with Crippen LogP contribution < -0.4 is 5.32 Å². The van der Waals surface area contributed by atoms with Crippen LogP contribution in [0.3, 0.4) is 0 Å². The Labute approximate surface area is 103 Å². The van der Waals surface area contributed by atoms with E-state index >= 15 is 0 Å². The van der Waals surface area contributed by atoms with Crippen molar-refractivity contribution in [2.24, 2.45) is 0 Å². The monoisotopic (exact) mass is 235 g/mol. The average Bonchev–Trinajstić information content (AvgIpc) is 2.28. The Kier molecular flexibility index (Phi) is 5.53. The van der Waals surface area contributed by atoms with Gasteiger partial charge in [-0.3, -0.25) is 0 Å². The van der Waals surface area contributed by atoms with Gasteiger partial charge in [-0.15, -0.1) is 0 Å². The molecule has 0 atom stereocenters. The summed E-state index contributed by atoms with van der Waals surface area (Å²) in [5.74, 6) is -0.874. The van der Waals surface area contributed by atoms with Gasteiger partial charge < -0.3 is 10.4 Å². The molecule has 2 N–H and O–H groups in total. The number of hydrogen-bond donors (Lipinski definition) is 2. The smallest absolute Gasteiger partial charge is 0.337 e. The number of benzene rings is 1. The molecule has 0 amide bonds. The number of carbonyl (C=O) groups is 1. The highest BCUT2D eigenvalue weighted by molar-refractivity contribution is 5.94. The molecule has 3 nitrogen and oxygen atoms in total. The molecule has 0 radical (unpaired) electrons. The minimum absolute atomic E-state index is 0.353. The van der Waals surface area contributed by atoms with Gasteiger partial charge >= 0.3 is 5.97 Å². The maximum absolute atomic E-state index is 11.0. The van der Waals surface area contributed by atoms with Crippen molar-refractivity contribution in [3.8, 4) is 0 Å². The Hall–Kier alpha value is -1.51. The molecule has 17 heavy (non-hydrogen) atoms. The third kappa shape index (κ3) is 4.47. The highest BCUT2D eigenvalue weighted by Crippen LogP contribution is 2.17. The van der Waals surface area contributed by atoms with E-state index in [9.17, 15) is 4.79 Å². The quantitative estimate of drug-likeness (QED) is 0.709. The van der Waals surface area contributed by atoms with Gasteiger partial charge in [0.1, 0.15) is 0 Å². The van der Waals surface area contributed by atoms with E-state index < -0.39 is 5.97 Å². The van der Waals surface area contributed by atoms with Crippen molar-refractivity contribution in [1.29, 1.82) is 0 Å². The van der Waals surface area contributed by atoms with Gasteiger partial charge in [-0.1, -0.05) is 32.3 Å². The molecule has 3 heteroatoms. The first-order valence-corrected chi connectivity index (χ1v) is 6.23. The molecule has 0 saturated carbocycles. The van der Waals surface area contributed by atoms with E-state index in [-0.39, 0.29) is 0 Å². The SMILES string of the molecule is CCCCCCNc1cc(C)ccc1C(=O)O. The zero-order chi connectivity index (χ0) is 12.7. The topological polar surface area (TPSA) is 49.3 Å². The van der Waals surface area contributed by atoms with Crippen molar-refractivity contribution >= 4 is 11.7 Å². The lowest BCUT2D eigenvalue weighted by atomic mass is 10.1. The first kappa shape index (κ1) is 13.6.